The molecule has 1 aromatic carbocycles. The first-order chi connectivity index (χ1) is 9.11. The predicted molar refractivity (Wildman–Crippen MR) is 78.6 cm³/mol. The third kappa shape index (κ3) is 4.80. The van der Waals surface area contributed by atoms with Gasteiger partial charge in [-0.1, -0.05) is 19.9 Å². The van der Waals surface area contributed by atoms with Gasteiger partial charge in [-0.2, -0.15) is 0 Å². The smallest absolute Gasteiger partial charge is 0.338 e. The van der Waals surface area contributed by atoms with E-state index >= 15 is 0 Å². The van der Waals surface area contributed by atoms with E-state index < -0.39 is 15.0 Å². The maximum absolute atomic E-state index is 12.0. The van der Waals surface area contributed by atoms with Crippen molar-refractivity contribution in [2.75, 3.05) is 0 Å². The van der Waals surface area contributed by atoms with E-state index in [2.05, 4.69) is 0 Å². The summed E-state index contributed by atoms with van der Waals surface area (Å²) in [4.78, 5) is 11.9. The topological polar surface area (TPSA) is 60.4 Å². The summed E-state index contributed by atoms with van der Waals surface area (Å²) in [6.45, 7) is 7.50. The third-order valence-electron chi connectivity index (χ3n) is 2.80. The van der Waals surface area contributed by atoms with E-state index in [1.807, 2.05) is 20.8 Å². The lowest BCUT2D eigenvalue weighted by atomic mass is 10.1. The van der Waals surface area contributed by atoms with Gasteiger partial charge in [-0.25, -0.2) is 13.2 Å². The molecule has 0 aliphatic heterocycles. The van der Waals surface area contributed by atoms with Gasteiger partial charge < -0.3 is 4.74 Å². The normalized spacial score (nSPS) is 13.3. The molecule has 0 bridgehead atoms. The van der Waals surface area contributed by atoms with Crippen molar-refractivity contribution in [2.24, 2.45) is 5.92 Å². The van der Waals surface area contributed by atoms with E-state index in [0.29, 0.717) is 11.5 Å². The Labute approximate surface area is 124 Å². The van der Waals surface area contributed by atoms with Crippen LogP contribution in [0.4, 0.5) is 0 Å². The number of hydrogen-bond donors (Lipinski definition) is 0. The molecule has 1 rings (SSSR count). The summed E-state index contributed by atoms with van der Waals surface area (Å²) in [7, 11) is 1.46. The first-order valence-corrected chi connectivity index (χ1v) is 8.68. The molecule has 112 valence electrons. The zero-order chi connectivity index (χ0) is 15.5. The third-order valence-corrected chi connectivity index (χ3v) is 4.26. The summed E-state index contributed by atoms with van der Waals surface area (Å²) in [5, 5.41) is 0. The molecule has 0 N–H and O–H groups in total. The van der Waals surface area contributed by atoms with Crippen LogP contribution < -0.4 is 0 Å². The molecular formula is C14H19ClO4S. The Morgan fingerprint density at radius 1 is 1.30 bits per heavy atom. The van der Waals surface area contributed by atoms with Crippen LogP contribution in [0.2, 0.25) is 0 Å². The molecule has 0 saturated heterocycles. The Morgan fingerprint density at radius 2 is 1.90 bits per heavy atom. The second-order valence-electron chi connectivity index (χ2n) is 5.26. The van der Waals surface area contributed by atoms with E-state index in [1.165, 1.54) is 12.1 Å². The zero-order valence-corrected chi connectivity index (χ0v) is 13.6. The lowest BCUT2D eigenvalue weighted by Crippen LogP contribution is -2.17. The molecule has 4 nitrogen and oxygen atoms in total. The van der Waals surface area contributed by atoms with E-state index in [1.54, 1.807) is 13.0 Å². The monoisotopic (exact) mass is 318 g/mol. The maximum atomic E-state index is 12.0. The minimum absolute atomic E-state index is 0.0647. The van der Waals surface area contributed by atoms with Gasteiger partial charge in [0, 0.05) is 10.7 Å². The molecule has 6 heteroatoms. The molecule has 1 atom stereocenters. The highest BCUT2D eigenvalue weighted by Crippen LogP contribution is 2.22. The summed E-state index contributed by atoms with van der Waals surface area (Å²) in [6, 6.07) is 4.33. The summed E-state index contributed by atoms with van der Waals surface area (Å²) in [5.74, 6) is -0.130. The number of halogens is 1. The Hall–Kier alpha value is -1.07. The fraction of sp³-hybridized carbons (Fsp3) is 0.500. The molecule has 1 aromatic rings. The van der Waals surface area contributed by atoms with Crippen LogP contribution in [-0.4, -0.2) is 20.5 Å². The van der Waals surface area contributed by atoms with Gasteiger partial charge in [-0.05, 0) is 43.9 Å². The van der Waals surface area contributed by atoms with Crippen LogP contribution in [0, 0.1) is 12.8 Å². The molecule has 0 aliphatic carbocycles. The van der Waals surface area contributed by atoms with Gasteiger partial charge in [0.25, 0.3) is 9.05 Å². The molecule has 0 aromatic heterocycles. The maximum Gasteiger partial charge on any atom is 0.338 e. The van der Waals surface area contributed by atoms with Crippen LogP contribution in [0.3, 0.4) is 0 Å². The summed E-state index contributed by atoms with van der Waals surface area (Å²) in [5.41, 5.74) is 0.678. The van der Waals surface area contributed by atoms with Crippen molar-refractivity contribution in [1.82, 2.24) is 0 Å². The second kappa shape index (κ2) is 6.59. The second-order valence-corrected chi connectivity index (χ2v) is 7.80. The summed E-state index contributed by atoms with van der Waals surface area (Å²) < 4.78 is 28.1. The number of esters is 1. The van der Waals surface area contributed by atoms with Gasteiger partial charge >= 0.3 is 5.97 Å². The van der Waals surface area contributed by atoms with Gasteiger partial charge in [-0.3, -0.25) is 0 Å². The van der Waals surface area contributed by atoms with Crippen LogP contribution in [0.5, 0.6) is 0 Å². The molecule has 20 heavy (non-hydrogen) atoms. The van der Waals surface area contributed by atoms with E-state index in [-0.39, 0.29) is 16.6 Å². The SMILES string of the molecule is Cc1ccc(C(=O)OC(C)CC(C)C)cc1S(=O)(=O)Cl. The van der Waals surface area contributed by atoms with E-state index in [0.717, 1.165) is 6.42 Å². The first kappa shape index (κ1) is 17.0. The molecule has 0 fully saturated rings. The lowest BCUT2D eigenvalue weighted by Gasteiger charge is -2.15. The lowest BCUT2D eigenvalue weighted by molar-refractivity contribution is 0.0299. The van der Waals surface area contributed by atoms with Crippen LogP contribution in [-0.2, 0) is 13.8 Å². The van der Waals surface area contributed by atoms with Crippen molar-refractivity contribution in [3.63, 3.8) is 0 Å². The van der Waals surface area contributed by atoms with E-state index in [4.69, 9.17) is 15.4 Å². The van der Waals surface area contributed by atoms with Crippen LogP contribution in [0.25, 0.3) is 0 Å². The zero-order valence-electron chi connectivity index (χ0n) is 12.0. The van der Waals surface area contributed by atoms with E-state index in [9.17, 15) is 13.2 Å². The minimum atomic E-state index is -3.87. The van der Waals surface area contributed by atoms with Crippen molar-refractivity contribution in [1.29, 1.82) is 0 Å². The number of hydrogen-bond acceptors (Lipinski definition) is 4. The van der Waals surface area contributed by atoms with Crippen molar-refractivity contribution in [3.8, 4) is 0 Å². The average Bonchev–Trinajstić information content (AvgIpc) is 2.26. The number of ether oxygens (including phenoxy) is 1. The van der Waals surface area contributed by atoms with Gasteiger partial charge in [-0.15, -0.1) is 0 Å². The number of aryl methyl sites for hydroxylation is 1. The van der Waals surface area contributed by atoms with Gasteiger partial charge in [0.2, 0.25) is 0 Å². The Balaban J connectivity index is 2.95. The molecule has 0 saturated carbocycles. The number of carbonyl (C=O) groups excluding carboxylic acids is 1. The number of benzene rings is 1. The predicted octanol–water partition coefficient (Wildman–Crippen LogP) is 3.51. The van der Waals surface area contributed by atoms with Crippen LogP contribution >= 0.6 is 10.7 Å². The largest absolute Gasteiger partial charge is 0.459 e. The number of rotatable bonds is 5. The Morgan fingerprint density at radius 3 is 2.40 bits per heavy atom. The Bertz CT molecular complexity index is 593. The highest BCUT2D eigenvalue weighted by molar-refractivity contribution is 8.13. The van der Waals surface area contributed by atoms with Crippen molar-refractivity contribution in [3.05, 3.63) is 29.3 Å². The molecule has 0 spiro atoms. The molecular weight excluding hydrogens is 300 g/mol. The molecule has 0 amide bonds. The average molecular weight is 319 g/mol. The van der Waals surface area contributed by atoms with Gasteiger partial charge in [0.05, 0.1) is 16.6 Å². The highest BCUT2D eigenvalue weighted by atomic mass is 35.7. The first-order valence-electron chi connectivity index (χ1n) is 6.37. The summed E-state index contributed by atoms with van der Waals surface area (Å²) >= 11 is 0. The van der Waals surface area contributed by atoms with Gasteiger partial charge in [0.1, 0.15) is 0 Å². The van der Waals surface area contributed by atoms with Gasteiger partial charge in [0.15, 0.2) is 0 Å². The number of carbonyl (C=O) groups is 1. The van der Waals surface area contributed by atoms with Crippen molar-refractivity contribution >= 4 is 25.7 Å². The van der Waals surface area contributed by atoms with Crippen LogP contribution in [0.15, 0.2) is 23.1 Å². The molecule has 1 unspecified atom stereocenters. The molecule has 0 aliphatic rings. The standard InChI is InChI=1S/C14H19ClO4S/c1-9(2)7-11(4)19-14(16)12-6-5-10(3)13(8-12)20(15,17)18/h5-6,8-9,11H,7H2,1-4H3. The summed E-state index contributed by atoms with van der Waals surface area (Å²) in [6.07, 6.45) is 0.526. The molecule has 0 heterocycles. The Kier molecular flexibility index (Phi) is 5.59. The van der Waals surface area contributed by atoms with Crippen molar-refractivity contribution in [2.45, 2.75) is 45.1 Å². The highest BCUT2D eigenvalue weighted by Gasteiger charge is 2.18. The fourth-order valence-corrected chi connectivity index (χ4v) is 3.17. The minimum Gasteiger partial charge on any atom is -0.459 e. The van der Waals surface area contributed by atoms with Crippen LogP contribution in [0.1, 0.15) is 43.1 Å². The quantitative estimate of drug-likeness (QED) is 0.615. The molecule has 0 radical (unpaired) electrons. The van der Waals surface area contributed by atoms with Crippen molar-refractivity contribution < 1.29 is 17.9 Å². The fourth-order valence-electron chi connectivity index (χ4n) is 1.95.